The quantitative estimate of drug-likeness (QED) is 0.504. The minimum atomic E-state index is -0.291. The van der Waals surface area contributed by atoms with Crippen LogP contribution in [0.2, 0.25) is 0 Å². The minimum absolute atomic E-state index is 0.108. The molecular formula is C24H23FN4O. The summed E-state index contributed by atoms with van der Waals surface area (Å²) in [6.07, 6.45) is 1.62. The number of carbonyl (C=O) groups is 1. The number of halogens is 1. The Balaban J connectivity index is 1.61. The summed E-state index contributed by atoms with van der Waals surface area (Å²) in [5.41, 5.74) is 3.15. The van der Waals surface area contributed by atoms with Gasteiger partial charge in [-0.25, -0.2) is 4.39 Å². The normalized spacial score (nSPS) is 11.6. The Labute approximate surface area is 174 Å². The van der Waals surface area contributed by atoms with Crippen LogP contribution < -0.4 is 5.32 Å². The van der Waals surface area contributed by atoms with E-state index < -0.39 is 0 Å². The van der Waals surface area contributed by atoms with Crippen molar-refractivity contribution in [2.75, 3.05) is 5.32 Å². The van der Waals surface area contributed by atoms with Crippen LogP contribution in [0.25, 0.3) is 22.0 Å². The van der Waals surface area contributed by atoms with E-state index in [9.17, 15) is 9.18 Å². The molecule has 0 saturated heterocycles. The number of benzene rings is 2. The van der Waals surface area contributed by atoms with E-state index in [0.29, 0.717) is 28.0 Å². The summed E-state index contributed by atoms with van der Waals surface area (Å²) >= 11 is 0. The van der Waals surface area contributed by atoms with Gasteiger partial charge in [0.15, 0.2) is 0 Å². The van der Waals surface area contributed by atoms with Gasteiger partial charge in [-0.2, -0.15) is 5.10 Å². The maximum absolute atomic E-state index is 14.1. The molecule has 0 aliphatic heterocycles. The molecule has 2 aromatic carbocycles. The molecule has 5 nitrogen and oxygen atoms in total. The zero-order valence-electron chi connectivity index (χ0n) is 17.4. The topological polar surface area (TPSA) is 59.8 Å². The first kappa shape index (κ1) is 19.8. The number of anilines is 1. The van der Waals surface area contributed by atoms with E-state index in [4.69, 9.17) is 0 Å². The molecule has 0 bridgehead atoms. The first-order valence-corrected chi connectivity index (χ1v) is 9.73. The number of nitrogens with one attached hydrogen (secondary N) is 1. The van der Waals surface area contributed by atoms with E-state index in [2.05, 4.69) is 36.2 Å². The van der Waals surface area contributed by atoms with E-state index >= 15 is 0 Å². The van der Waals surface area contributed by atoms with E-state index in [0.717, 1.165) is 11.1 Å². The molecule has 0 unspecified atom stereocenters. The number of carbonyl (C=O) groups excluding carboxylic acids is 1. The van der Waals surface area contributed by atoms with Gasteiger partial charge in [-0.05, 0) is 24.3 Å². The number of aryl methyl sites for hydroxylation is 1. The van der Waals surface area contributed by atoms with E-state index in [1.54, 1.807) is 48.3 Å². The lowest BCUT2D eigenvalue weighted by atomic mass is 9.92. The fourth-order valence-electron chi connectivity index (χ4n) is 3.24. The van der Waals surface area contributed by atoms with Gasteiger partial charge >= 0.3 is 0 Å². The van der Waals surface area contributed by atoms with Crippen molar-refractivity contribution in [2.45, 2.75) is 26.2 Å². The molecule has 1 amide bonds. The van der Waals surface area contributed by atoms with Crippen LogP contribution in [0.3, 0.4) is 0 Å². The van der Waals surface area contributed by atoms with Crippen molar-refractivity contribution in [3.8, 4) is 11.1 Å². The summed E-state index contributed by atoms with van der Waals surface area (Å²) in [6.45, 7) is 6.22. The number of fused-ring (bicyclic) bond motifs is 1. The molecule has 4 aromatic rings. The molecule has 2 aromatic heterocycles. The van der Waals surface area contributed by atoms with Crippen molar-refractivity contribution < 1.29 is 9.18 Å². The van der Waals surface area contributed by atoms with Crippen LogP contribution in [0.15, 0.2) is 60.8 Å². The molecule has 4 rings (SSSR count). The summed E-state index contributed by atoms with van der Waals surface area (Å²) in [5, 5.41) is 8.23. The molecule has 0 aliphatic carbocycles. The highest BCUT2D eigenvalue weighted by Gasteiger charge is 2.20. The Morgan fingerprint density at radius 3 is 2.53 bits per heavy atom. The zero-order valence-corrected chi connectivity index (χ0v) is 17.4. The Kier molecular flexibility index (Phi) is 4.86. The monoisotopic (exact) mass is 402 g/mol. The second-order valence-corrected chi connectivity index (χ2v) is 8.35. The fourth-order valence-corrected chi connectivity index (χ4v) is 3.24. The van der Waals surface area contributed by atoms with Crippen LogP contribution >= 0.6 is 0 Å². The molecule has 0 spiro atoms. The van der Waals surface area contributed by atoms with Gasteiger partial charge in [-0.15, -0.1) is 0 Å². The third kappa shape index (κ3) is 3.81. The zero-order chi connectivity index (χ0) is 21.5. The van der Waals surface area contributed by atoms with Gasteiger partial charge in [0, 0.05) is 46.8 Å². The van der Waals surface area contributed by atoms with Gasteiger partial charge in [-0.1, -0.05) is 45.0 Å². The second kappa shape index (κ2) is 7.37. The molecular weight excluding hydrogens is 379 g/mol. The molecule has 6 heteroatoms. The lowest BCUT2D eigenvalue weighted by Crippen LogP contribution is -2.14. The number of aromatic nitrogens is 3. The van der Waals surface area contributed by atoms with Crippen LogP contribution in [-0.2, 0) is 12.5 Å². The molecule has 0 atom stereocenters. The predicted molar refractivity (Wildman–Crippen MR) is 117 cm³/mol. The van der Waals surface area contributed by atoms with Gasteiger partial charge in [0.05, 0.1) is 11.2 Å². The summed E-state index contributed by atoms with van der Waals surface area (Å²) < 4.78 is 15.7. The van der Waals surface area contributed by atoms with Gasteiger partial charge in [0.1, 0.15) is 11.6 Å². The Hall–Kier alpha value is -3.54. The first-order chi connectivity index (χ1) is 14.2. The highest BCUT2D eigenvalue weighted by atomic mass is 19.1. The Morgan fingerprint density at radius 1 is 1.07 bits per heavy atom. The van der Waals surface area contributed by atoms with Crippen molar-refractivity contribution in [1.82, 2.24) is 14.8 Å². The summed E-state index contributed by atoms with van der Waals surface area (Å²) in [4.78, 5) is 17.2. The summed E-state index contributed by atoms with van der Waals surface area (Å²) in [7, 11) is 1.80. The standard InChI is InChI=1S/C24H23FN4O/c1-24(2,3)21-13-22(29(4)28-21)27-23(30)16-10-9-15-11-17(14-26-20(15)12-16)18-7-5-6-8-19(18)25/h5-14H,1-4H3,(H,27,30). The maximum atomic E-state index is 14.1. The predicted octanol–water partition coefficient (Wildman–Crippen LogP) is 5.32. The lowest BCUT2D eigenvalue weighted by Gasteiger charge is -2.13. The Morgan fingerprint density at radius 2 is 1.83 bits per heavy atom. The number of amides is 1. The Bertz CT molecular complexity index is 1250. The number of nitrogens with zero attached hydrogens (tertiary/aromatic N) is 3. The van der Waals surface area contributed by atoms with Crippen LogP contribution in [-0.4, -0.2) is 20.7 Å². The molecule has 0 aliphatic rings. The number of hydrogen-bond donors (Lipinski definition) is 1. The fraction of sp³-hybridized carbons (Fsp3) is 0.208. The van der Waals surface area contributed by atoms with Crippen molar-refractivity contribution >= 4 is 22.6 Å². The maximum Gasteiger partial charge on any atom is 0.256 e. The molecule has 152 valence electrons. The third-order valence-electron chi connectivity index (χ3n) is 5.02. The largest absolute Gasteiger partial charge is 0.307 e. The lowest BCUT2D eigenvalue weighted by molar-refractivity contribution is 0.102. The van der Waals surface area contributed by atoms with Crippen LogP contribution in [0.5, 0.6) is 0 Å². The summed E-state index contributed by atoms with van der Waals surface area (Å²) in [6, 6.07) is 15.7. The van der Waals surface area contributed by atoms with Gasteiger partial charge in [0.2, 0.25) is 0 Å². The highest BCUT2D eigenvalue weighted by molar-refractivity contribution is 6.05. The first-order valence-electron chi connectivity index (χ1n) is 9.73. The average molecular weight is 402 g/mol. The smallest absolute Gasteiger partial charge is 0.256 e. The van der Waals surface area contributed by atoms with Crippen molar-refractivity contribution in [1.29, 1.82) is 0 Å². The number of rotatable bonds is 3. The molecule has 0 fully saturated rings. The average Bonchev–Trinajstić information content (AvgIpc) is 3.08. The molecule has 0 radical (unpaired) electrons. The highest BCUT2D eigenvalue weighted by Crippen LogP contribution is 2.26. The van der Waals surface area contributed by atoms with Crippen molar-refractivity contribution in [3.63, 3.8) is 0 Å². The second-order valence-electron chi connectivity index (χ2n) is 8.35. The number of pyridine rings is 1. The van der Waals surface area contributed by atoms with Crippen LogP contribution in [0.1, 0.15) is 36.8 Å². The van der Waals surface area contributed by atoms with Gasteiger partial charge in [0.25, 0.3) is 5.91 Å². The van der Waals surface area contributed by atoms with Crippen LogP contribution in [0.4, 0.5) is 10.2 Å². The van der Waals surface area contributed by atoms with Gasteiger partial charge < -0.3 is 5.32 Å². The van der Waals surface area contributed by atoms with Crippen molar-refractivity contribution in [2.24, 2.45) is 7.05 Å². The van der Waals surface area contributed by atoms with Gasteiger partial charge in [-0.3, -0.25) is 14.5 Å². The van der Waals surface area contributed by atoms with E-state index in [1.165, 1.54) is 6.07 Å². The molecule has 1 N–H and O–H groups in total. The number of hydrogen-bond acceptors (Lipinski definition) is 3. The van der Waals surface area contributed by atoms with Crippen molar-refractivity contribution in [3.05, 3.63) is 77.9 Å². The SMILES string of the molecule is Cn1nc(C(C)(C)C)cc1NC(=O)c1ccc2cc(-c3ccccc3F)cnc2c1. The minimum Gasteiger partial charge on any atom is -0.307 e. The molecule has 30 heavy (non-hydrogen) atoms. The van der Waals surface area contributed by atoms with E-state index in [1.807, 2.05) is 18.2 Å². The van der Waals surface area contributed by atoms with E-state index in [-0.39, 0.29) is 17.1 Å². The van der Waals surface area contributed by atoms with Crippen LogP contribution in [0, 0.1) is 5.82 Å². The third-order valence-corrected chi connectivity index (χ3v) is 5.02. The molecule has 0 saturated carbocycles. The summed E-state index contributed by atoms with van der Waals surface area (Å²) in [5.74, 6) is 0.105. The molecule has 2 heterocycles.